The standard InChI is InChI=1S/C24H24FN5O/c1-2-30-22-10-6-5-9-19(22)28-24(30)16-29-11-12-31-23(15-29)21-14-26-13-20(27-21)17-7-3-4-8-18(17)25/h3-10,13-14,23H,2,11-12,15-16H2,1H3. The van der Waals surface area contributed by atoms with Gasteiger partial charge < -0.3 is 9.30 Å². The van der Waals surface area contributed by atoms with Gasteiger partial charge in [-0.1, -0.05) is 24.3 Å². The topological polar surface area (TPSA) is 56.1 Å². The first-order chi connectivity index (χ1) is 15.2. The molecule has 2 aromatic carbocycles. The van der Waals surface area contributed by atoms with Gasteiger partial charge in [-0.25, -0.2) is 14.4 Å². The van der Waals surface area contributed by atoms with Crippen molar-refractivity contribution in [2.24, 2.45) is 0 Å². The zero-order valence-corrected chi connectivity index (χ0v) is 17.4. The van der Waals surface area contributed by atoms with Gasteiger partial charge in [-0.05, 0) is 31.2 Å². The van der Waals surface area contributed by atoms with E-state index in [2.05, 4.69) is 38.5 Å². The summed E-state index contributed by atoms with van der Waals surface area (Å²) in [6, 6.07) is 14.8. The summed E-state index contributed by atoms with van der Waals surface area (Å²) in [5.41, 5.74) is 3.86. The second-order valence-corrected chi connectivity index (χ2v) is 7.66. The van der Waals surface area contributed by atoms with Gasteiger partial charge in [0.15, 0.2) is 0 Å². The molecule has 0 bridgehead atoms. The van der Waals surface area contributed by atoms with Crippen molar-refractivity contribution < 1.29 is 9.13 Å². The van der Waals surface area contributed by atoms with Gasteiger partial charge in [0.05, 0.1) is 48.0 Å². The summed E-state index contributed by atoms with van der Waals surface area (Å²) in [5.74, 6) is 0.745. The predicted octanol–water partition coefficient (Wildman–Crippen LogP) is 4.23. The quantitative estimate of drug-likeness (QED) is 0.487. The largest absolute Gasteiger partial charge is 0.369 e. The summed E-state index contributed by atoms with van der Waals surface area (Å²) in [7, 11) is 0. The van der Waals surface area contributed by atoms with Crippen molar-refractivity contribution in [3.8, 4) is 11.3 Å². The Balaban J connectivity index is 1.37. The van der Waals surface area contributed by atoms with Crippen LogP contribution in [0.5, 0.6) is 0 Å². The molecule has 4 aromatic rings. The van der Waals surface area contributed by atoms with E-state index in [1.54, 1.807) is 30.6 Å². The highest BCUT2D eigenvalue weighted by Gasteiger charge is 2.25. The normalized spacial score (nSPS) is 17.3. The van der Waals surface area contributed by atoms with E-state index in [1.165, 1.54) is 6.07 Å². The minimum atomic E-state index is -0.307. The van der Waals surface area contributed by atoms with E-state index in [0.29, 0.717) is 24.4 Å². The molecule has 0 radical (unpaired) electrons. The van der Waals surface area contributed by atoms with Crippen LogP contribution in [0.25, 0.3) is 22.3 Å². The summed E-state index contributed by atoms with van der Waals surface area (Å²) < 4.78 is 22.5. The van der Waals surface area contributed by atoms with Crippen LogP contribution in [0.15, 0.2) is 60.9 Å². The summed E-state index contributed by atoms with van der Waals surface area (Å²) in [6.07, 6.45) is 3.08. The molecule has 31 heavy (non-hydrogen) atoms. The SMILES string of the molecule is CCn1c(CN2CCOC(c3cncc(-c4ccccc4F)n3)C2)nc2ccccc21. The fourth-order valence-electron chi connectivity index (χ4n) is 4.16. The minimum absolute atomic E-state index is 0.215. The first-order valence-electron chi connectivity index (χ1n) is 10.6. The molecule has 1 atom stereocenters. The molecule has 0 spiro atoms. The highest BCUT2D eigenvalue weighted by molar-refractivity contribution is 5.75. The van der Waals surface area contributed by atoms with E-state index in [-0.39, 0.29) is 11.9 Å². The molecule has 5 rings (SSSR count). The number of nitrogens with zero attached hydrogens (tertiary/aromatic N) is 5. The van der Waals surface area contributed by atoms with Gasteiger partial charge in [-0.3, -0.25) is 9.88 Å². The Morgan fingerprint density at radius 1 is 1.06 bits per heavy atom. The number of morpholine rings is 1. The molecule has 0 amide bonds. The lowest BCUT2D eigenvalue weighted by molar-refractivity contribution is -0.0360. The highest BCUT2D eigenvalue weighted by atomic mass is 19.1. The van der Waals surface area contributed by atoms with Crippen LogP contribution in [0.3, 0.4) is 0 Å². The molecular weight excluding hydrogens is 393 g/mol. The average Bonchev–Trinajstić information content (AvgIpc) is 3.16. The van der Waals surface area contributed by atoms with E-state index in [0.717, 1.165) is 42.2 Å². The maximum Gasteiger partial charge on any atom is 0.132 e. The van der Waals surface area contributed by atoms with E-state index >= 15 is 0 Å². The summed E-state index contributed by atoms with van der Waals surface area (Å²) >= 11 is 0. The maximum atomic E-state index is 14.2. The van der Waals surface area contributed by atoms with Crippen molar-refractivity contribution in [3.63, 3.8) is 0 Å². The third-order valence-electron chi connectivity index (χ3n) is 5.70. The number of para-hydroxylation sites is 2. The van der Waals surface area contributed by atoms with Gasteiger partial charge in [0.1, 0.15) is 17.7 Å². The van der Waals surface area contributed by atoms with Gasteiger partial charge in [0.25, 0.3) is 0 Å². The van der Waals surface area contributed by atoms with Crippen molar-refractivity contribution in [2.45, 2.75) is 26.1 Å². The third-order valence-corrected chi connectivity index (χ3v) is 5.70. The van der Waals surface area contributed by atoms with Crippen LogP contribution in [0.2, 0.25) is 0 Å². The Bertz CT molecular complexity index is 1210. The number of aromatic nitrogens is 4. The number of hydrogen-bond acceptors (Lipinski definition) is 5. The molecule has 158 valence electrons. The fraction of sp³-hybridized carbons (Fsp3) is 0.292. The predicted molar refractivity (Wildman–Crippen MR) is 117 cm³/mol. The molecule has 1 fully saturated rings. The Labute approximate surface area is 180 Å². The van der Waals surface area contributed by atoms with E-state index in [1.807, 2.05) is 12.1 Å². The molecule has 3 heterocycles. The first kappa shape index (κ1) is 19.8. The van der Waals surface area contributed by atoms with Crippen molar-refractivity contribution in [3.05, 3.63) is 78.3 Å². The lowest BCUT2D eigenvalue weighted by Gasteiger charge is -2.32. The molecule has 1 saturated heterocycles. The van der Waals surface area contributed by atoms with Gasteiger partial charge in [-0.2, -0.15) is 0 Å². The number of ether oxygens (including phenoxy) is 1. The molecular formula is C24H24FN5O. The lowest BCUT2D eigenvalue weighted by atomic mass is 10.1. The molecule has 0 N–H and O–H groups in total. The molecule has 0 aliphatic carbocycles. The average molecular weight is 417 g/mol. The zero-order chi connectivity index (χ0) is 21.2. The van der Waals surface area contributed by atoms with Crippen molar-refractivity contribution in [1.29, 1.82) is 0 Å². The first-order valence-corrected chi connectivity index (χ1v) is 10.6. The van der Waals surface area contributed by atoms with Crippen LogP contribution < -0.4 is 0 Å². The van der Waals surface area contributed by atoms with Crippen LogP contribution >= 0.6 is 0 Å². The number of fused-ring (bicyclic) bond motifs is 1. The zero-order valence-electron chi connectivity index (χ0n) is 17.4. The van der Waals surface area contributed by atoms with E-state index < -0.39 is 0 Å². The summed E-state index contributed by atoms with van der Waals surface area (Å²) in [5, 5.41) is 0. The molecule has 7 heteroatoms. The second-order valence-electron chi connectivity index (χ2n) is 7.66. The number of benzene rings is 2. The summed E-state index contributed by atoms with van der Waals surface area (Å²) in [4.78, 5) is 16.1. The Hall–Kier alpha value is -3.16. The molecule has 0 saturated carbocycles. The Morgan fingerprint density at radius 3 is 2.77 bits per heavy atom. The van der Waals surface area contributed by atoms with Crippen LogP contribution in [-0.2, 0) is 17.8 Å². The number of imidazole rings is 1. The number of rotatable bonds is 5. The minimum Gasteiger partial charge on any atom is -0.369 e. The van der Waals surface area contributed by atoms with Gasteiger partial charge >= 0.3 is 0 Å². The van der Waals surface area contributed by atoms with Gasteiger partial charge in [0.2, 0.25) is 0 Å². The molecule has 1 unspecified atom stereocenters. The maximum absolute atomic E-state index is 14.2. The highest BCUT2D eigenvalue weighted by Crippen LogP contribution is 2.26. The van der Waals surface area contributed by atoms with Gasteiger partial charge in [0, 0.05) is 25.2 Å². The summed E-state index contributed by atoms with van der Waals surface area (Å²) in [6.45, 7) is 5.86. The Morgan fingerprint density at radius 2 is 1.90 bits per heavy atom. The van der Waals surface area contributed by atoms with E-state index in [9.17, 15) is 4.39 Å². The van der Waals surface area contributed by atoms with Crippen LogP contribution in [-0.4, -0.2) is 44.1 Å². The van der Waals surface area contributed by atoms with Gasteiger partial charge in [-0.15, -0.1) is 0 Å². The fourth-order valence-corrected chi connectivity index (χ4v) is 4.16. The Kier molecular flexibility index (Phi) is 5.44. The number of hydrogen-bond donors (Lipinski definition) is 0. The third kappa shape index (κ3) is 3.94. The van der Waals surface area contributed by atoms with Crippen molar-refractivity contribution in [2.75, 3.05) is 19.7 Å². The molecule has 1 aliphatic rings. The number of halogens is 1. The van der Waals surface area contributed by atoms with Crippen molar-refractivity contribution in [1.82, 2.24) is 24.4 Å². The van der Waals surface area contributed by atoms with Crippen LogP contribution in [0.1, 0.15) is 24.5 Å². The monoisotopic (exact) mass is 417 g/mol. The molecule has 2 aromatic heterocycles. The number of aryl methyl sites for hydroxylation is 1. The van der Waals surface area contributed by atoms with Crippen molar-refractivity contribution >= 4 is 11.0 Å². The second kappa shape index (κ2) is 8.53. The smallest absolute Gasteiger partial charge is 0.132 e. The van der Waals surface area contributed by atoms with E-state index in [4.69, 9.17) is 9.72 Å². The van der Waals surface area contributed by atoms with Crippen LogP contribution in [0.4, 0.5) is 4.39 Å². The lowest BCUT2D eigenvalue weighted by Crippen LogP contribution is -2.38. The molecule has 6 nitrogen and oxygen atoms in total. The molecule has 1 aliphatic heterocycles. The van der Waals surface area contributed by atoms with Crippen LogP contribution in [0, 0.1) is 5.82 Å².